The van der Waals surface area contributed by atoms with Gasteiger partial charge >= 0.3 is 6.03 Å². The zero-order chi connectivity index (χ0) is 15.9. The van der Waals surface area contributed by atoms with Crippen LogP contribution in [0.1, 0.15) is 29.5 Å². The second kappa shape index (κ2) is 5.24. The number of carbonyl (C=O) groups is 2. The van der Waals surface area contributed by atoms with Crippen LogP contribution in [0, 0.1) is 13.8 Å². The van der Waals surface area contributed by atoms with Crippen molar-refractivity contribution in [3.8, 4) is 0 Å². The Morgan fingerprint density at radius 2 is 2.18 bits per heavy atom. The van der Waals surface area contributed by atoms with Gasteiger partial charge in [-0.05, 0) is 49.6 Å². The number of hydrogen-bond acceptors (Lipinski definition) is 5. The lowest BCUT2D eigenvalue weighted by Crippen LogP contribution is -2.40. The molecular weight excluding hydrogens is 302 g/mol. The zero-order valence-electron chi connectivity index (χ0n) is 12.7. The van der Waals surface area contributed by atoms with Crippen molar-refractivity contribution in [3.63, 3.8) is 0 Å². The third-order valence-electron chi connectivity index (χ3n) is 4.14. The molecule has 0 radical (unpaired) electrons. The number of rotatable bonds is 4. The maximum absolute atomic E-state index is 12.7. The Bertz CT molecular complexity index is 703. The van der Waals surface area contributed by atoms with E-state index in [1.165, 1.54) is 16.2 Å². The number of carbonyl (C=O) groups excluding carboxylic acids is 2. The molecule has 3 heterocycles. The predicted octanol–water partition coefficient (Wildman–Crippen LogP) is 2.36. The van der Waals surface area contributed by atoms with Gasteiger partial charge in [-0.15, -0.1) is 0 Å². The molecule has 0 aromatic carbocycles. The maximum atomic E-state index is 12.7. The molecule has 2 aromatic rings. The topological polar surface area (TPSA) is 75.4 Å². The van der Waals surface area contributed by atoms with Crippen LogP contribution >= 0.6 is 11.3 Å². The number of hydrogen-bond donors (Lipinski definition) is 1. The normalized spacial score (nSPS) is 21.5. The Kier molecular flexibility index (Phi) is 3.52. The van der Waals surface area contributed by atoms with Crippen LogP contribution in [-0.4, -0.2) is 28.5 Å². The molecule has 1 unspecified atom stereocenters. The lowest BCUT2D eigenvalue weighted by Gasteiger charge is -2.20. The predicted molar refractivity (Wildman–Crippen MR) is 81.6 cm³/mol. The molecule has 0 bridgehead atoms. The molecule has 0 spiro atoms. The van der Waals surface area contributed by atoms with Crippen LogP contribution in [0.5, 0.6) is 0 Å². The first-order valence-electron chi connectivity index (χ1n) is 7.02. The molecule has 1 atom stereocenters. The fourth-order valence-corrected chi connectivity index (χ4v) is 3.49. The SMILES string of the molecule is Cc1noc(C)c1CCN1C(=O)NC(C)(c2ccsc2)C1=O. The highest BCUT2D eigenvalue weighted by Crippen LogP contribution is 2.30. The quantitative estimate of drug-likeness (QED) is 0.878. The van der Waals surface area contributed by atoms with Crippen LogP contribution in [0.25, 0.3) is 0 Å². The minimum Gasteiger partial charge on any atom is -0.361 e. The molecule has 3 rings (SSSR count). The van der Waals surface area contributed by atoms with E-state index in [1.807, 2.05) is 30.7 Å². The second-order valence-electron chi connectivity index (χ2n) is 5.58. The van der Waals surface area contributed by atoms with E-state index in [4.69, 9.17) is 4.52 Å². The highest BCUT2D eigenvalue weighted by Gasteiger charge is 2.48. The molecule has 22 heavy (non-hydrogen) atoms. The van der Waals surface area contributed by atoms with Crippen LogP contribution < -0.4 is 5.32 Å². The van der Waals surface area contributed by atoms with E-state index in [0.29, 0.717) is 13.0 Å². The summed E-state index contributed by atoms with van der Waals surface area (Å²) in [5.41, 5.74) is 1.58. The molecule has 116 valence electrons. The van der Waals surface area contributed by atoms with Crippen molar-refractivity contribution >= 4 is 23.3 Å². The van der Waals surface area contributed by atoms with E-state index in [2.05, 4.69) is 10.5 Å². The zero-order valence-corrected chi connectivity index (χ0v) is 13.5. The van der Waals surface area contributed by atoms with Crippen molar-refractivity contribution in [2.75, 3.05) is 6.54 Å². The molecular formula is C15H17N3O3S. The average Bonchev–Trinajstić information content (AvgIpc) is 3.15. The molecule has 1 aliphatic heterocycles. The number of aromatic nitrogens is 1. The van der Waals surface area contributed by atoms with E-state index in [-0.39, 0.29) is 11.9 Å². The van der Waals surface area contributed by atoms with Crippen LogP contribution in [-0.2, 0) is 16.8 Å². The summed E-state index contributed by atoms with van der Waals surface area (Å²) >= 11 is 1.50. The van der Waals surface area contributed by atoms with Gasteiger partial charge in [0.2, 0.25) is 0 Å². The summed E-state index contributed by atoms with van der Waals surface area (Å²) in [6, 6.07) is 1.51. The average molecular weight is 319 g/mol. The first-order chi connectivity index (χ1) is 10.4. The van der Waals surface area contributed by atoms with Gasteiger partial charge in [-0.2, -0.15) is 11.3 Å². The van der Waals surface area contributed by atoms with Crippen molar-refractivity contribution in [2.45, 2.75) is 32.7 Å². The molecule has 0 saturated carbocycles. The first kappa shape index (κ1) is 14.8. The van der Waals surface area contributed by atoms with Crippen LogP contribution in [0.3, 0.4) is 0 Å². The summed E-state index contributed by atoms with van der Waals surface area (Å²) in [4.78, 5) is 26.1. The fraction of sp³-hybridized carbons (Fsp3) is 0.400. The third-order valence-corrected chi connectivity index (χ3v) is 4.82. The minimum atomic E-state index is -0.976. The monoisotopic (exact) mass is 319 g/mol. The Morgan fingerprint density at radius 3 is 2.77 bits per heavy atom. The summed E-state index contributed by atoms with van der Waals surface area (Å²) in [6.45, 7) is 5.74. The van der Waals surface area contributed by atoms with Gasteiger partial charge < -0.3 is 9.84 Å². The highest BCUT2D eigenvalue weighted by molar-refractivity contribution is 7.08. The molecule has 7 heteroatoms. The summed E-state index contributed by atoms with van der Waals surface area (Å²) in [5.74, 6) is 0.507. The van der Waals surface area contributed by atoms with E-state index in [1.54, 1.807) is 6.92 Å². The Balaban J connectivity index is 1.78. The number of aryl methyl sites for hydroxylation is 2. The summed E-state index contributed by atoms with van der Waals surface area (Å²) < 4.78 is 5.11. The van der Waals surface area contributed by atoms with Gasteiger partial charge in [0.15, 0.2) is 0 Å². The lowest BCUT2D eigenvalue weighted by atomic mass is 9.95. The van der Waals surface area contributed by atoms with Gasteiger partial charge in [0, 0.05) is 12.1 Å². The van der Waals surface area contributed by atoms with Gasteiger partial charge in [-0.1, -0.05) is 5.16 Å². The number of urea groups is 1. The number of nitrogens with one attached hydrogen (secondary N) is 1. The Morgan fingerprint density at radius 1 is 1.41 bits per heavy atom. The van der Waals surface area contributed by atoms with Gasteiger partial charge in [-0.25, -0.2) is 4.79 Å². The van der Waals surface area contributed by atoms with E-state index in [0.717, 1.165) is 22.6 Å². The molecule has 0 aliphatic carbocycles. The molecule has 1 N–H and O–H groups in total. The third kappa shape index (κ3) is 2.21. The fourth-order valence-electron chi connectivity index (χ4n) is 2.73. The van der Waals surface area contributed by atoms with Gasteiger partial charge in [0.25, 0.3) is 5.91 Å². The smallest absolute Gasteiger partial charge is 0.325 e. The largest absolute Gasteiger partial charge is 0.361 e. The van der Waals surface area contributed by atoms with Crippen LogP contribution in [0.4, 0.5) is 4.79 Å². The second-order valence-corrected chi connectivity index (χ2v) is 6.36. The molecule has 3 amide bonds. The Labute approximate surface area is 132 Å². The molecule has 1 aliphatic rings. The highest BCUT2D eigenvalue weighted by atomic mass is 32.1. The maximum Gasteiger partial charge on any atom is 0.325 e. The number of amides is 3. The van der Waals surface area contributed by atoms with Crippen molar-refractivity contribution in [1.29, 1.82) is 0 Å². The van der Waals surface area contributed by atoms with Crippen molar-refractivity contribution in [3.05, 3.63) is 39.4 Å². The Hall–Kier alpha value is -2.15. The summed E-state index contributed by atoms with van der Waals surface area (Å²) in [7, 11) is 0. The van der Waals surface area contributed by atoms with Crippen molar-refractivity contribution in [1.82, 2.24) is 15.4 Å². The lowest BCUT2D eigenvalue weighted by molar-refractivity contribution is -0.131. The van der Waals surface area contributed by atoms with E-state index < -0.39 is 5.54 Å². The minimum absolute atomic E-state index is 0.220. The first-order valence-corrected chi connectivity index (χ1v) is 7.96. The van der Waals surface area contributed by atoms with Gasteiger partial charge in [0.05, 0.1) is 5.69 Å². The molecule has 1 saturated heterocycles. The van der Waals surface area contributed by atoms with Crippen LogP contribution in [0.15, 0.2) is 21.3 Å². The summed E-state index contributed by atoms with van der Waals surface area (Å²) in [6.07, 6.45) is 0.542. The molecule has 2 aromatic heterocycles. The van der Waals surface area contributed by atoms with Crippen LogP contribution in [0.2, 0.25) is 0 Å². The molecule has 1 fully saturated rings. The van der Waals surface area contributed by atoms with Gasteiger partial charge in [0.1, 0.15) is 11.3 Å². The van der Waals surface area contributed by atoms with E-state index >= 15 is 0 Å². The van der Waals surface area contributed by atoms with Crippen molar-refractivity contribution in [2.24, 2.45) is 0 Å². The number of thiophene rings is 1. The van der Waals surface area contributed by atoms with Crippen molar-refractivity contribution < 1.29 is 14.1 Å². The van der Waals surface area contributed by atoms with Gasteiger partial charge in [-0.3, -0.25) is 9.69 Å². The number of imide groups is 1. The summed E-state index contributed by atoms with van der Waals surface area (Å²) in [5, 5.41) is 10.5. The van der Waals surface area contributed by atoms with E-state index in [9.17, 15) is 9.59 Å². The standard InChI is InChI=1S/C15H17N3O3S/c1-9-12(10(2)21-17-9)4-6-18-13(19)15(3,16-14(18)20)11-5-7-22-8-11/h5,7-8H,4,6H2,1-3H3,(H,16,20). The molecule has 6 nitrogen and oxygen atoms in total. The number of nitrogens with zero attached hydrogens (tertiary/aromatic N) is 2.